The standard InChI is InChI=1S/C25H23Cl2N5O4/c1-36-17-5-3-16(4-6-17)23-25(35)32(11-10-28-22(34)14-33)24-20(30-23)8-9-21(31-24)29-13-15-2-7-18(26)19(27)12-15/h2-9,12,33H,10-11,13-14H2,1H3,(H,28,34)(H,29,31). The zero-order valence-electron chi connectivity index (χ0n) is 19.3. The summed E-state index contributed by atoms with van der Waals surface area (Å²) in [6, 6.07) is 15.9. The summed E-state index contributed by atoms with van der Waals surface area (Å²) in [7, 11) is 1.57. The van der Waals surface area contributed by atoms with Crippen molar-refractivity contribution >= 4 is 46.1 Å². The summed E-state index contributed by atoms with van der Waals surface area (Å²) >= 11 is 12.1. The molecule has 0 aliphatic rings. The molecule has 0 atom stereocenters. The lowest BCUT2D eigenvalue weighted by molar-refractivity contribution is -0.123. The van der Waals surface area contributed by atoms with Crippen LogP contribution in [0.4, 0.5) is 5.82 Å². The molecular weight excluding hydrogens is 505 g/mol. The molecule has 9 nitrogen and oxygen atoms in total. The van der Waals surface area contributed by atoms with Gasteiger partial charge in [0.1, 0.15) is 29.4 Å². The second-order valence-electron chi connectivity index (χ2n) is 7.80. The maximum Gasteiger partial charge on any atom is 0.278 e. The SMILES string of the molecule is COc1ccc(-c2nc3ccc(NCc4ccc(Cl)c(Cl)c4)nc3n(CCNC(=O)CO)c2=O)cc1. The van der Waals surface area contributed by atoms with E-state index in [9.17, 15) is 9.59 Å². The number of anilines is 1. The van der Waals surface area contributed by atoms with Gasteiger partial charge >= 0.3 is 0 Å². The molecule has 2 aromatic carbocycles. The van der Waals surface area contributed by atoms with Gasteiger partial charge in [0.2, 0.25) is 5.91 Å². The molecule has 36 heavy (non-hydrogen) atoms. The van der Waals surface area contributed by atoms with Gasteiger partial charge in [-0.25, -0.2) is 9.97 Å². The zero-order valence-corrected chi connectivity index (χ0v) is 20.8. The Morgan fingerprint density at radius 1 is 1.06 bits per heavy atom. The van der Waals surface area contributed by atoms with Gasteiger partial charge in [-0.2, -0.15) is 0 Å². The Morgan fingerprint density at radius 3 is 2.53 bits per heavy atom. The first kappa shape index (κ1) is 25.4. The number of amides is 1. The average Bonchev–Trinajstić information content (AvgIpc) is 2.90. The molecule has 11 heteroatoms. The minimum Gasteiger partial charge on any atom is -0.497 e. The lowest BCUT2D eigenvalue weighted by Gasteiger charge is -2.14. The summed E-state index contributed by atoms with van der Waals surface area (Å²) in [5.41, 5.74) is 2.28. The predicted molar refractivity (Wildman–Crippen MR) is 140 cm³/mol. The zero-order chi connectivity index (χ0) is 25.7. The van der Waals surface area contributed by atoms with E-state index in [1.165, 1.54) is 4.57 Å². The van der Waals surface area contributed by atoms with E-state index in [-0.39, 0.29) is 24.3 Å². The van der Waals surface area contributed by atoms with Gasteiger partial charge in [0.05, 0.1) is 17.2 Å². The molecule has 4 rings (SSSR count). The Hall–Kier alpha value is -3.66. The van der Waals surface area contributed by atoms with Crippen molar-refractivity contribution in [2.24, 2.45) is 0 Å². The van der Waals surface area contributed by atoms with Crippen LogP contribution in [0.1, 0.15) is 5.56 Å². The maximum atomic E-state index is 13.5. The van der Waals surface area contributed by atoms with Crippen molar-refractivity contribution < 1.29 is 14.6 Å². The number of hydrogen-bond acceptors (Lipinski definition) is 7. The summed E-state index contributed by atoms with van der Waals surface area (Å²) < 4.78 is 6.66. The van der Waals surface area contributed by atoms with Crippen LogP contribution >= 0.6 is 23.2 Å². The molecule has 186 valence electrons. The quantitative estimate of drug-likeness (QED) is 0.304. The molecule has 0 unspecified atom stereocenters. The monoisotopic (exact) mass is 527 g/mol. The van der Waals surface area contributed by atoms with Crippen LogP contribution in [0.15, 0.2) is 59.4 Å². The van der Waals surface area contributed by atoms with Crippen molar-refractivity contribution in [3.8, 4) is 17.0 Å². The fraction of sp³-hybridized carbons (Fsp3) is 0.200. The highest BCUT2D eigenvalue weighted by Gasteiger charge is 2.15. The number of pyridine rings is 1. The van der Waals surface area contributed by atoms with Crippen molar-refractivity contribution in [2.75, 3.05) is 25.6 Å². The van der Waals surface area contributed by atoms with Crippen LogP contribution in [-0.2, 0) is 17.9 Å². The number of ether oxygens (including phenoxy) is 1. The van der Waals surface area contributed by atoms with E-state index in [1.807, 2.05) is 6.07 Å². The predicted octanol–water partition coefficient (Wildman–Crippen LogP) is 3.49. The molecule has 0 spiro atoms. The van der Waals surface area contributed by atoms with Crippen molar-refractivity contribution in [1.29, 1.82) is 0 Å². The summed E-state index contributed by atoms with van der Waals surface area (Å²) in [6.45, 7) is 0.0622. The van der Waals surface area contributed by atoms with Gasteiger partial charge in [0, 0.05) is 25.2 Å². The van der Waals surface area contributed by atoms with Gasteiger partial charge in [-0.05, 0) is 54.1 Å². The summed E-state index contributed by atoms with van der Waals surface area (Å²) in [4.78, 5) is 34.2. The van der Waals surface area contributed by atoms with Crippen LogP contribution in [0.3, 0.4) is 0 Å². The van der Waals surface area contributed by atoms with E-state index < -0.39 is 12.5 Å². The molecule has 1 amide bonds. The number of carbonyl (C=O) groups excluding carboxylic acids is 1. The number of nitrogens with one attached hydrogen (secondary N) is 2. The van der Waals surface area contributed by atoms with Crippen molar-refractivity contribution in [2.45, 2.75) is 13.1 Å². The number of nitrogens with zero attached hydrogens (tertiary/aromatic N) is 3. The topological polar surface area (TPSA) is 118 Å². The second kappa shape index (κ2) is 11.4. The third-order valence-electron chi connectivity index (χ3n) is 5.41. The number of rotatable bonds is 9. The van der Waals surface area contributed by atoms with Gasteiger partial charge in [-0.15, -0.1) is 0 Å². The molecule has 0 aliphatic heterocycles. The summed E-state index contributed by atoms with van der Waals surface area (Å²) in [5, 5.41) is 15.7. The Morgan fingerprint density at radius 2 is 1.83 bits per heavy atom. The largest absolute Gasteiger partial charge is 0.497 e. The lowest BCUT2D eigenvalue weighted by Crippen LogP contribution is -2.33. The first-order chi connectivity index (χ1) is 17.4. The number of aliphatic hydroxyl groups is 1. The number of aliphatic hydroxyl groups excluding tert-OH is 1. The number of fused-ring (bicyclic) bond motifs is 1. The van der Waals surface area contributed by atoms with Gasteiger partial charge in [-0.1, -0.05) is 29.3 Å². The smallest absolute Gasteiger partial charge is 0.278 e. The molecule has 0 fully saturated rings. The van der Waals surface area contributed by atoms with E-state index in [0.29, 0.717) is 44.9 Å². The summed E-state index contributed by atoms with van der Waals surface area (Å²) in [6.07, 6.45) is 0. The van der Waals surface area contributed by atoms with Gasteiger partial charge in [0.25, 0.3) is 5.56 Å². The van der Waals surface area contributed by atoms with Crippen LogP contribution in [0, 0.1) is 0 Å². The first-order valence-corrected chi connectivity index (χ1v) is 11.8. The third kappa shape index (κ3) is 5.76. The lowest BCUT2D eigenvalue weighted by atomic mass is 10.1. The van der Waals surface area contributed by atoms with E-state index in [2.05, 4.69) is 20.6 Å². The second-order valence-corrected chi connectivity index (χ2v) is 8.61. The highest BCUT2D eigenvalue weighted by molar-refractivity contribution is 6.42. The number of halogens is 2. The Bertz CT molecular complexity index is 1460. The van der Waals surface area contributed by atoms with Crippen LogP contribution in [0.25, 0.3) is 22.4 Å². The van der Waals surface area contributed by atoms with Crippen molar-refractivity contribution in [1.82, 2.24) is 19.9 Å². The van der Waals surface area contributed by atoms with E-state index in [4.69, 9.17) is 33.0 Å². The number of benzene rings is 2. The Balaban J connectivity index is 1.70. The summed E-state index contributed by atoms with van der Waals surface area (Å²) in [5.74, 6) is 0.653. The molecule has 4 aromatic rings. The number of carbonyl (C=O) groups is 1. The van der Waals surface area contributed by atoms with E-state index in [1.54, 1.807) is 55.6 Å². The fourth-order valence-corrected chi connectivity index (χ4v) is 3.89. The number of hydrogen-bond donors (Lipinski definition) is 3. The average molecular weight is 528 g/mol. The normalized spacial score (nSPS) is 10.9. The van der Waals surface area contributed by atoms with Gasteiger partial charge in [0.15, 0.2) is 5.65 Å². The minimum atomic E-state index is -0.635. The molecule has 0 radical (unpaired) electrons. The number of methoxy groups -OCH3 is 1. The molecule has 0 saturated heterocycles. The van der Waals surface area contributed by atoms with Gasteiger partial charge < -0.3 is 20.5 Å². The van der Waals surface area contributed by atoms with Crippen LogP contribution < -0.4 is 20.9 Å². The van der Waals surface area contributed by atoms with Crippen molar-refractivity contribution in [3.05, 3.63) is 80.6 Å². The maximum absolute atomic E-state index is 13.5. The number of aromatic nitrogens is 3. The molecule has 3 N–H and O–H groups in total. The molecule has 0 aliphatic carbocycles. The molecule has 0 saturated carbocycles. The highest BCUT2D eigenvalue weighted by Crippen LogP contribution is 2.24. The fourth-order valence-electron chi connectivity index (χ4n) is 3.57. The van der Waals surface area contributed by atoms with Crippen molar-refractivity contribution in [3.63, 3.8) is 0 Å². The third-order valence-corrected chi connectivity index (χ3v) is 6.15. The molecule has 0 bridgehead atoms. The Kier molecular flexibility index (Phi) is 8.04. The Labute approximate surface area is 216 Å². The van der Waals surface area contributed by atoms with Crippen LogP contribution in [-0.4, -0.2) is 45.8 Å². The first-order valence-electron chi connectivity index (χ1n) is 11.0. The molecule has 2 heterocycles. The molecule has 2 aromatic heterocycles. The van der Waals surface area contributed by atoms with Crippen LogP contribution in [0.5, 0.6) is 5.75 Å². The van der Waals surface area contributed by atoms with E-state index >= 15 is 0 Å². The van der Waals surface area contributed by atoms with Gasteiger partial charge in [-0.3, -0.25) is 14.2 Å². The minimum absolute atomic E-state index is 0.128. The van der Waals surface area contributed by atoms with Crippen LogP contribution in [0.2, 0.25) is 10.0 Å². The molecular formula is C25H23Cl2N5O4. The van der Waals surface area contributed by atoms with E-state index in [0.717, 1.165) is 5.56 Å². The highest BCUT2D eigenvalue weighted by atomic mass is 35.5.